The maximum absolute atomic E-state index is 12.9. The summed E-state index contributed by atoms with van der Waals surface area (Å²) >= 11 is 6.32. The topological polar surface area (TPSA) is 34.5 Å². The van der Waals surface area contributed by atoms with Crippen molar-refractivity contribution in [3.05, 3.63) is 94.8 Å². The molecule has 0 bridgehead atoms. The number of rotatable bonds is 10. The summed E-state index contributed by atoms with van der Waals surface area (Å²) in [7, 11) is 1.66. The van der Waals surface area contributed by atoms with E-state index in [4.69, 9.17) is 16.3 Å². The third-order valence-electron chi connectivity index (χ3n) is 4.96. The van der Waals surface area contributed by atoms with Gasteiger partial charge in [0.15, 0.2) is 0 Å². The van der Waals surface area contributed by atoms with Crippen LogP contribution in [0.2, 0.25) is 5.02 Å². The summed E-state index contributed by atoms with van der Waals surface area (Å²) < 4.78 is 7.37. The normalized spacial score (nSPS) is 10.8. The fourth-order valence-corrected chi connectivity index (χ4v) is 3.50. The van der Waals surface area contributed by atoms with Crippen LogP contribution in [0.5, 0.6) is 0 Å². The molecule has 0 spiro atoms. The molecule has 0 N–H and O–H groups in total. The molecule has 1 heterocycles. The Morgan fingerprint density at radius 3 is 2.55 bits per heavy atom. The second-order valence-electron chi connectivity index (χ2n) is 7.01. The molecule has 3 rings (SSSR count). The van der Waals surface area contributed by atoms with E-state index in [1.165, 1.54) is 5.56 Å². The molecule has 1 aromatic heterocycles. The van der Waals surface area contributed by atoms with Gasteiger partial charge in [0, 0.05) is 43.5 Å². The lowest BCUT2D eigenvalue weighted by molar-refractivity contribution is -0.132. The molecule has 3 aromatic rings. The molecule has 1 amide bonds. The number of nitrogens with zero attached hydrogens (tertiary/aromatic N) is 2. The van der Waals surface area contributed by atoms with Crippen LogP contribution >= 0.6 is 11.6 Å². The van der Waals surface area contributed by atoms with Crippen LogP contribution in [-0.4, -0.2) is 35.6 Å². The van der Waals surface area contributed by atoms with Gasteiger partial charge in [0.05, 0.1) is 13.2 Å². The Kier molecular flexibility index (Phi) is 7.91. The maximum atomic E-state index is 12.9. The average Bonchev–Trinajstić information content (AvgIpc) is 3.18. The van der Waals surface area contributed by atoms with E-state index >= 15 is 0 Å². The summed E-state index contributed by atoms with van der Waals surface area (Å²) in [6, 6.07) is 22.0. The van der Waals surface area contributed by atoms with E-state index in [2.05, 4.69) is 22.8 Å². The summed E-state index contributed by atoms with van der Waals surface area (Å²) in [5.41, 5.74) is 3.31. The van der Waals surface area contributed by atoms with Crippen molar-refractivity contribution in [2.75, 3.05) is 20.3 Å². The van der Waals surface area contributed by atoms with Crippen LogP contribution in [-0.2, 0) is 29.0 Å². The molecule has 5 heteroatoms. The maximum Gasteiger partial charge on any atom is 0.223 e. The number of aromatic nitrogens is 1. The lowest BCUT2D eigenvalue weighted by atomic mass is 10.1. The predicted octanol–water partition coefficient (Wildman–Crippen LogP) is 4.80. The Labute approximate surface area is 177 Å². The third kappa shape index (κ3) is 6.21. The largest absolute Gasteiger partial charge is 0.383 e. The molecule has 4 nitrogen and oxygen atoms in total. The summed E-state index contributed by atoms with van der Waals surface area (Å²) in [5, 5.41) is 0.752. The quantitative estimate of drug-likeness (QED) is 0.481. The van der Waals surface area contributed by atoms with Crippen molar-refractivity contribution < 1.29 is 9.53 Å². The number of carbonyl (C=O) groups is 1. The lowest BCUT2D eigenvalue weighted by Crippen LogP contribution is -2.34. The molecule has 0 aliphatic heterocycles. The van der Waals surface area contributed by atoms with Gasteiger partial charge in [0.1, 0.15) is 0 Å². The van der Waals surface area contributed by atoms with Crippen LogP contribution in [0, 0.1) is 0 Å². The van der Waals surface area contributed by atoms with Crippen LogP contribution in [0.4, 0.5) is 0 Å². The zero-order valence-electron chi connectivity index (χ0n) is 16.8. The molecule has 0 aliphatic rings. The second kappa shape index (κ2) is 10.8. The van der Waals surface area contributed by atoms with Gasteiger partial charge in [0.25, 0.3) is 0 Å². The molecule has 0 fully saturated rings. The molecular formula is C24H27ClN2O2. The van der Waals surface area contributed by atoms with E-state index in [-0.39, 0.29) is 5.91 Å². The zero-order valence-corrected chi connectivity index (χ0v) is 17.5. The number of ether oxygens (including phenoxy) is 1. The van der Waals surface area contributed by atoms with Crippen molar-refractivity contribution in [1.29, 1.82) is 0 Å². The summed E-state index contributed by atoms with van der Waals surface area (Å²) in [6.07, 6.45) is 3.25. The minimum Gasteiger partial charge on any atom is -0.383 e. The van der Waals surface area contributed by atoms with Gasteiger partial charge in [-0.15, -0.1) is 0 Å². The smallest absolute Gasteiger partial charge is 0.223 e. The first-order chi connectivity index (χ1) is 14.2. The molecule has 0 atom stereocenters. The highest BCUT2D eigenvalue weighted by Gasteiger charge is 2.16. The van der Waals surface area contributed by atoms with E-state index in [1.54, 1.807) is 7.11 Å². The van der Waals surface area contributed by atoms with Crippen LogP contribution in [0.15, 0.2) is 72.9 Å². The fraction of sp³-hybridized carbons (Fsp3) is 0.292. The molecule has 0 aliphatic carbocycles. The van der Waals surface area contributed by atoms with Gasteiger partial charge in [-0.3, -0.25) is 4.79 Å². The lowest BCUT2D eigenvalue weighted by Gasteiger charge is -2.23. The van der Waals surface area contributed by atoms with Gasteiger partial charge >= 0.3 is 0 Å². The molecule has 0 saturated carbocycles. The number of hydrogen-bond acceptors (Lipinski definition) is 2. The van der Waals surface area contributed by atoms with Crippen LogP contribution in [0.1, 0.15) is 23.2 Å². The highest BCUT2D eigenvalue weighted by atomic mass is 35.5. The minimum absolute atomic E-state index is 0.136. The zero-order chi connectivity index (χ0) is 20.5. The Morgan fingerprint density at radius 1 is 1.03 bits per heavy atom. The molecule has 2 aromatic carbocycles. The number of aryl methyl sites for hydroxylation is 1. The van der Waals surface area contributed by atoms with E-state index in [0.717, 1.165) is 22.7 Å². The molecule has 29 heavy (non-hydrogen) atoms. The Morgan fingerprint density at radius 2 is 1.79 bits per heavy atom. The van der Waals surface area contributed by atoms with Crippen LogP contribution < -0.4 is 0 Å². The molecule has 0 radical (unpaired) electrons. The molecule has 152 valence electrons. The average molecular weight is 411 g/mol. The number of hydrogen-bond donors (Lipinski definition) is 0. The molecular weight excluding hydrogens is 384 g/mol. The molecule has 0 saturated heterocycles. The van der Waals surface area contributed by atoms with Gasteiger partial charge in [-0.1, -0.05) is 60.1 Å². The number of halogens is 1. The Bertz CT molecular complexity index is 908. The van der Waals surface area contributed by atoms with Gasteiger partial charge < -0.3 is 14.2 Å². The number of benzene rings is 2. The van der Waals surface area contributed by atoms with E-state index < -0.39 is 0 Å². The van der Waals surface area contributed by atoms with Crippen molar-refractivity contribution in [2.24, 2.45) is 0 Å². The predicted molar refractivity (Wildman–Crippen MR) is 117 cm³/mol. The van der Waals surface area contributed by atoms with Gasteiger partial charge in [-0.05, 0) is 35.7 Å². The first-order valence-electron chi connectivity index (χ1n) is 9.85. The van der Waals surface area contributed by atoms with Gasteiger partial charge in [0.2, 0.25) is 5.91 Å². The minimum atomic E-state index is 0.136. The summed E-state index contributed by atoms with van der Waals surface area (Å²) in [5.74, 6) is 0.136. The van der Waals surface area contributed by atoms with Crippen molar-refractivity contribution in [2.45, 2.75) is 25.9 Å². The fourth-order valence-electron chi connectivity index (χ4n) is 3.30. The third-order valence-corrected chi connectivity index (χ3v) is 5.33. The van der Waals surface area contributed by atoms with Crippen molar-refractivity contribution in [3.8, 4) is 0 Å². The summed E-state index contributed by atoms with van der Waals surface area (Å²) in [4.78, 5) is 14.8. The van der Waals surface area contributed by atoms with Crippen LogP contribution in [0.25, 0.3) is 0 Å². The van der Waals surface area contributed by atoms with E-state index in [1.807, 2.05) is 59.6 Å². The van der Waals surface area contributed by atoms with Crippen molar-refractivity contribution in [1.82, 2.24) is 9.47 Å². The van der Waals surface area contributed by atoms with Gasteiger partial charge in [-0.2, -0.15) is 0 Å². The highest BCUT2D eigenvalue weighted by molar-refractivity contribution is 6.31. The summed E-state index contributed by atoms with van der Waals surface area (Å²) in [6.45, 7) is 2.32. The standard InChI is InChI=1S/C24H27ClN2O2/c1-29-17-16-27(24(28)14-13-20-8-3-2-4-9-20)19-22-11-7-15-26(22)18-21-10-5-6-12-23(21)25/h2-12,15H,13-14,16-19H2,1H3. The van der Waals surface area contributed by atoms with E-state index in [9.17, 15) is 4.79 Å². The van der Waals surface area contributed by atoms with Crippen LogP contribution in [0.3, 0.4) is 0 Å². The number of methoxy groups -OCH3 is 1. The SMILES string of the molecule is COCCN(Cc1cccn1Cc1ccccc1Cl)C(=O)CCc1ccccc1. The van der Waals surface area contributed by atoms with Crippen molar-refractivity contribution in [3.63, 3.8) is 0 Å². The van der Waals surface area contributed by atoms with Gasteiger partial charge in [-0.25, -0.2) is 0 Å². The van der Waals surface area contributed by atoms with E-state index in [0.29, 0.717) is 32.7 Å². The Hall–Kier alpha value is -2.56. The highest BCUT2D eigenvalue weighted by Crippen LogP contribution is 2.18. The number of amides is 1. The first-order valence-corrected chi connectivity index (χ1v) is 10.2. The Balaban J connectivity index is 1.68. The first kappa shape index (κ1) is 21.2. The number of carbonyl (C=O) groups excluding carboxylic acids is 1. The second-order valence-corrected chi connectivity index (χ2v) is 7.42. The monoisotopic (exact) mass is 410 g/mol. The molecule has 0 unspecified atom stereocenters. The van der Waals surface area contributed by atoms with Crippen molar-refractivity contribution >= 4 is 17.5 Å².